The SMILES string of the molecule is Nc1ccccc1NC(=O)CCCC(=O)NCc1cccc(-c2cccc([C@@H]3O[C@H](CSc4ncccc4C(=O)O)C[C@H](c4ccc(CO)cc4)O3)c2)c1. The number of nitrogen functional groups attached to an aromatic ring is 1. The Bertz CT molecular complexity index is 2080. The van der Waals surface area contributed by atoms with Crippen molar-refractivity contribution < 1.29 is 34.1 Å². The van der Waals surface area contributed by atoms with Crippen LogP contribution in [0.15, 0.2) is 120 Å². The molecule has 0 unspecified atom stereocenters. The van der Waals surface area contributed by atoms with Crippen LogP contribution < -0.4 is 16.4 Å². The lowest BCUT2D eigenvalue weighted by Crippen LogP contribution is -2.31. The average molecular weight is 747 g/mol. The number of para-hydroxylation sites is 2. The highest BCUT2D eigenvalue weighted by molar-refractivity contribution is 7.99. The summed E-state index contributed by atoms with van der Waals surface area (Å²) < 4.78 is 13.1. The van der Waals surface area contributed by atoms with Gasteiger partial charge in [-0.15, -0.1) is 11.8 Å². The van der Waals surface area contributed by atoms with E-state index in [9.17, 15) is 24.6 Å². The third-order valence-electron chi connectivity index (χ3n) is 8.97. The molecule has 1 aromatic heterocycles. The van der Waals surface area contributed by atoms with Crippen molar-refractivity contribution in [3.63, 3.8) is 0 Å². The highest BCUT2D eigenvalue weighted by Gasteiger charge is 2.33. The Morgan fingerprint density at radius 3 is 2.35 bits per heavy atom. The highest BCUT2D eigenvalue weighted by Crippen LogP contribution is 2.40. The molecular weight excluding hydrogens is 705 g/mol. The summed E-state index contributed by atoms with van der Waals surface area (Å²) in [5.41, 5.74) is 12.5. The Morgan fingerprint density at radius 2 is 1.57 bits per heavy atom. The van der Waals surface area contributed by atoms with Gasteiger partial charge in [0, 0.05) is 43.3 Å². The topological polar surface area (TPSA) is 173 Å². The number of rotatable bonds is 15. The molecule has 1 fully saturated rings. The second-order valence-electron chi connectivity index (χ2n) is 12.9. The Hall–Kier alpha value is -5.53. The lowest BCUT2D eigenvalue weighted by atomic mass is 9.99. The number of carbonyl (C=O) groups excluding carboxylic acids is 2. The van der Waals surface area contributed by atoms with E-state index in [-0.39, 0.29) is 49.0 Å². The molecule has 0 bridgehead atoms. The number of nitrogens with zero attached hydrogens (tertiary/aromatic N) is 1. The first-order chi connectivity index (χ1) is 26.2. The van der Waals surface area contributed by atoms with Crippen LogP contribution in [-0.2, 0) is 32.2 Å². The number of amides is 2. The number of carboxylic acid groups (broad SMARTS) is 1. The standard InChI is InChI=1S/C42H42N4O7S/c43-35-12-1-2-13-36(35)46-39(49)15-5-14-38(48)45-24-28-7-3-8-30(21-28)31-9-4-10-32(22-31)42-52-33(26-54-40-34(41(50)51)11-6-20-44-40)23-37(53-42)29-18-16-27(25-47)17-19-29/h1-4,6-13,16-22,33,37,42,47H,5,14-15,23-26,43H2,(H,45,48)(H,46,49)(H,50,51)/t33-,37+,42+/m0/s1. The first-order valence-corrected chi connectivity index (χ1v) is 18.7. The van der Waals surface area contributed by atoms with Crippen molar-refractivity contribution in [2.24, 2.45) is 0 Å². The quantitative estimate of drug-likeness (QED) is 0.0541. The number of aliphatic hydroxyl groups is 1. The molecule has 5 aromatic rings. The molecule has 4 aromatic carbocycles. The lowest BCUT2D eigenvalue weighted by Gasteiger charge is -2.36. The van der Waals surface area contributed by atoms with Crippen LogP contribution in [0.2, 0.25) is 0 Å². The molecule has 1 saturated heterocycles. The van der Waals surface area contributed by atoms with Gasteiger partial charge in [-0.25, -0.2) is 9.78 Å². The van der Waals surface area contributed by atoms with E-state index in [0.717, 1.165) is 33.4 Å². The van der Waals surface area contributed by atoms with E-state index in [0.29, 0.717) is 41.5 Å². The fraction of sp³-hybridized carbons (Fsp3) is 0.238. The Labute approximate surface area is 317 Å². The number of nitrogens with one attached hydrogen (secondary N) is 2. The van der Waals surface area contributed by atoms with Crippen LogP contribution in [0, 0.1) is 0 Å². The zero-order chi connectivity index (χ0) is 37.9. The maximum absolute atomic E-state index is 12.6. The second-order valence-corrected chi connectivity index (χ2v) is 13.9. The number of carboxylic acids is 1. The van der Waals surface area contributed by atoms with Gasteiger partial charge in [-0.05, 0) is 70.6 Å². The van der Waals surface area contributed by atoms with E-state index < -0.39 is 12.3 Å². The number of aromatic carboxylic acids is 1. The number of benzene rings is 4. The lowest BCUT2D eigenvalue weighted by molar-refractivity contribution is -0.245. The third kappa shape index (κ3) is 10.3. The predicted octanol–water partition coefficient (Wildman–Crippen LogP) is 7.28. The zero-order valence-electron chi connectivity index (χ0n) is 29.5. The van der Waals surface area contributed by atoms with Gasteiger partial charge in [0.25, 0.3) is 0 Å². The molecule has 1 aliphatic heterocycles. The van der Waals surface area contributed by atoms with Gasteiger partial charge in [0.15, 0.2) is 6.29 Å². The maximum atomic E-state index is 12.6. The predicted molar refractivity (Wildman–Crippen MR) is 207 cm³/mol. The fourth-order valence-corrected chi connectivity index (χ4v) is 7.12. The van der Waals surface area contributed by atoms with E-state index >= 15 is 0 Å². The van der Waals surface area contributed by atoms with Crippen molar-refractivity contribution in [1.82, 2.24) is 10.3 Å². The van der Waals surface area contributed by atoms with Gasteiger partial charge in [0.05, 0.1) is 35.8 Å². The van der Waals surface area contributed by atoms with Gasteiger partial charge in [-0.3, -0.25) is 9.59 Å². The number of nitrogens with two attached hydrogens (primary N) is 1. The van der Waals surface area contributed by atoms with Crippen LogP contribution in [0.1, 0.15) is 70.7 Å². The van der Waals surface area contributed by atoms with Crippen LogP contribution in [0.5, 0.6) is 0 Å². The van der Waals surface area contributed by atoms with E-state index in [1.165, 1.54) is 11.8 Å². The maximum Gasteiger partial charge on any atom is 0.338 e. The minimum Gasteiger partial charge on any atom is -0.478 e. The molecule has 0 radical (unpaired) electrons. The summed E-state index contributed by atoms with van der Waals surface area (Å²) in [6, 6.07) is 33.7. The van der Waals surface area contributed by atoms with Crippen molar-refractivity contribution in [3.05, 3.63) is 143 Å². The summed E-state index contributed by atoms with van der Waals surface area (Å²) in [7, 11) is 0. The highest BCUT2D eigenvalue weighted by atomic mass is 32.2. The van der Waals surface area contributed by atoms with Crippen molar-refractivity contribution in [2.75, 3.05) is 16.8 Å². The molecule has 54 heavy (non-hydrogen) atoms. The average Bonchev–Trinajstić information content (AvgIpc) is 3.20. The summed E-state index contributed by atoms with van der Waals surface area (Å²) in [4.78, 5) is 41.0. The monoisotopic (exact) mass is 746 g/mol. The number of carbonyl (C=O) groups is 3. The number of anilines is 2. The number of thioether (sulfide) groups is 1. The van der Waals surface area contributed by atoms with Crippen molar-refractivity contribution in [1.29, 1.82) is 0 Å². The minimum atomic E-state index is -1.03. The largest absolute Gasteiger partial charge is 0.478 e. The number of aromatic nitrogens is 1. The smallest absolute Gasteiger partial charge is 0.338 e. The summed E-state index contributed by atoms with van der Waals surface area (Å²) >= 11 is 1.34. The number of pyridine rings is 1. The molecule has 12 heteroatoms. The Morgan fingerprint density at radius 1 is 0.815 bits per heavy atom. The Kier molecular flexibility index (Phi) is 13.1. The molecule has 0 aliphatic carbocycles. The van der Waals surface area contributed by atoms with Crippen molar-refractivity contribution in [3.8, 4) is 11.1 Å². The molecule has 0 spiro atoms. The summed E-state index contributed by atoms with van der Waals surface area (Å²) in [6.07, 6.45) is 1.65. The third-order valence-corrected chi connectivity index (χ3v) is 10.1. The summed E-state index contributed by atoms with van der Waals surface area (Å²) in [5, 5.41) is 25.4. The van der Waals surface area contributed by atoms with Crippen LogP contribution in [0.3, 0.4) is 0 Å². The van der Waals surface area contributed by atoms with Gasteiger partial charge in [-0.1, -0.05) is 72.8 Å². The number of hydrogen-bond acceptors (Lipinski definition) is 9. The fourth-order valence-electron chi connectivity index (χ4n) is 6.11. The first kappa shape index (κ1) is 38.2. The van der Waals surface area contributed by atoms with E-state index in [4.69, 9.17) is 15.2 Å². The molecule has 6 N–H and O–H groups in total. The van der Waals surface area contributed by atoms with Gasteiger partial charge < -0.3 is 36.1 Å². The first-order valence-electron chi connectivity index (χ1n) is 17.7. The van der Waals surface area contributed by atoms with Crippen LogP contribution in [0.25, 0.3) is 11.1 Å². The molecule has 0 saturated carbocycles. The van der Waals surface area contributed by atoms with Crippen LogP contribution >= 0.6 is 11.8 Å². The van der Waals surface area contributed by atoms with E-state index in [1.807, 2.05) is 72.8 Å². The second kappa shape index (κ2) is 18.5. The number of ether oxygens (including phenoxy) is 2. The number of hydrogen-bond donors (Lipinski definition) is 5. The molecule has 278 valence electrons. The van der Waals surface area contributed by atoms with Crippen LogP contribution in [0.4, 0.5) is 11.4 Å². The number of aliphatic hydroxyl groups excluding tert-OH is 1. The van der Waals surface area contributed by atoms with Crippen LogP contribution in [-0.4, -0.2) is 44.8 Å². The van der Waals surface area contributed by atoms with Gasteiger partial charge in [-0.2, -0.15) is 0 Å². The molecule has 6 rings (SSSR count). The Balaban J connectivity index is 1.09. The zero-order valence-corrected chi connectivity index (χ0v) is 30.3. The van der Waals surface area contributed by atoms with E-state index in [2.05, 4.69) is 15.6 Å². The minimum absolute atomic E-state index is 0.0562. The molecule has 11 nitrogen and oxygen atoms in total. The molecule has 2 heterocycles. The summed E-state index contributed by atoms with van der Waals surface area (Å²) in [6.45, 7) is 0.281. The molecular formula is C42H42N4O7S. The molecule has 2 amide bonds. The normalized spacial score (nSPS) is 16.7. The molecule has 3 atom stereocenters. The van der Waals surface area contributed by atoms with Crippen molar-refractivity contribution >= 4 is 40.9 Å². The van der Waals surface area contributed by atoms with Gasteiger partial charge >= 0.3 is 5.97 Å². The van der Waals surface area contributed by atoms with Gasteiger partial charge in [0.2, 0.25) is 11.8 Å². The van der Waals surface area contributed by atoms with Crippen molar-refractivity contribution in [2.45, 2.75) is 62.4 Å². The molecule has 1 aliphatic rings. The summed E-state index contributed by atoms with van der Waals surface area (Å²) in [5.74, 6) is -0.906. The van der Waals surface area contributed by atoms with E-state index in [1.54, 1.807) is 42.6 Å². The van der Waals surface area contributed by atoms with Gasteiger partial charge in [0.1, 0.15) is 5.03 Å².